The molecule has 1 aromatic carbocycles. The van der Waals surface area contributed by atoms with Gasteiger partial charge in [0, 0.05) is 6.61 Å². The summed E-state index contributed by atoms with van der Waals surface area (Å²) in [4.78, 5) is 23.5. The quantitative estimate of drug-likeness (QED) is 0.822. The van der Waals surface area contributed by atoms with Crippen LogP contribution in [0, 0.1) is 6.92 Å². The molecule has 1 aliphatic carbocycles. The van der Waals surface area contributed by atoms with Crippen molar-refractivity contribution in [2.24, 2.45) is 0 Å². The van der Waals surface area contributed by atoms with Gasteiger partial charge in [0.25, 0.3) is 0 Å². The van der Waals surface area contributed by atoms with Crippen molar-refractivity contribution in [3.63, 3.8) is 0 Å². The molecule has 1 amide bonds. The van der Waals surface area contributed by atoms with Crippen molar-refractivity contribution in [2.75, 3.05) is 19.8 Å². The van der Waals surface area contributed by atoms with Crippen molar-refractivity contribution < 1.29 is 24.2 Å². The standard InChI is InChI=1S/C18H23NO5/c1-12-2-4-13(5-3-12)18(7-8-18)17(22)19-14-10-23-9-6-15(14)24-11-16(20)21/h2-5,14-15H,6-11H2,1H3,(H,19,22)(H,20,21)/t14-,15+/m1/s1. The Morgan fingerprint density at radius 3 is 2.67 bits per heavy atom. The van der Waals surface area contributed by atoms with Crippen LogP contribution in [0.4, 0.5) is 0 Å². The van der Waals surface area contributed by atoms with Crippen molar-refractivity contribution in [3.05, 3.63) is 35.4 Å². The van der Waals surface area contributed by atoms with Crippen LogP contribution >= 0.6 is 0 Å². The first-order valence-electron chi connectivity index (χ1n) is 8.30. The van der Waals surface area contributed by atoms with E-state index in [0.717, 1.165) is 24.0 Å². The molecule has 6 nitrogen and oxygen atoms in total. The van der Waals surface area contributed by atoms with Crippen LogP contribution in [-0.2, 0) is 24.5 Å². The Balaban J connectivity index is 1.66. The molecule has 2 N–H and O–H groups in total. The first kappa shape index (κ1) is 16.9. The number of carbonyl (C=O) groups excluding carboxylic acids is 1. The third kappa shape index (κ3) is 3.60. The van der Waals surface area contributed by atoms with E-state index in [1.54, 1.807) is 0 Å². The maximum Gasteiger partial charge on any atom is 0.329 e. The molecule has 1 aliphatic heterocycles. The first-order valence-corrected chi connectivity index (χ1v) is 8.30. The van der Waals surface area contributed by atoms with Gasteiger partial charge >= 0.3 is 5.97 Å². The number of nitrogens with one attached hydrogen (secondary N) is 1. The van der Waals surface area contributed by atoms with Gasteiger partial charge in [0.05, 0.1) is 24.2 Å². The Morgan fingerprint density at radius 1 is 1.33 bits per heavy atom. The van der Waals surface area contributed by atoms with E-state index >= 15 is 0 Å². The molecule has 0 spiro atoms. The molecule has 1 saturated heterocycles. The third-order valence-corrected chi connectivity index (χ3v) is 4.82. The predicted molar refractivity (Wildman–Crippen MR) is 86.8 cm³/mol. The molecule has 0 bridgehead atoms. The SMILES string of the molecule is Cc1ccc(C2(C(=O)N[C@@H]3COCC[C@@H]3OCC(=O)O)CC2)cc1. The van der Waals surface area contributed by atoms with E-state index in [9.17, 15) is 9.59 Å². The van der Waals surface area contributed by atoms with E-state index in [0.29, 0.717) is 19.6 Å². The average molecular weight is 333 g/mol. The monoisotopic (exact) mass is 333 g/mol. The number of ether oxygens (including phenoxy) is 2. The molecule has 24 heavy (non-hydrogen) atoms. The number of carbonyl (C=O) groups is 2. The zero-order valence-electron chi connectivity index (χ0n) is 13.8. The Hall–Kier alpha value is -1.92. The van der Waals surface area contributed by atoms with E-state index in [1.807, 2.05) is 31.2 Å². The van der Waals surface area contributed by atoms with Crippen molar-refractivity contribution >= 4 is 11.9 Å². The molecular formula is C18H23NO5. The van der Waals surface area contributed by atoms with E-state index in [4.69, 9.17) is 14.6 Å². The van der Waals surface area contributed by atoms with Crippen molar-refractivity contribution in [1.29, 1.82) is 0 Å². The summed E-state index contributed by atoms with van der Waals surface area (Å²) in [6, 6.07) is 7.75. The minimum absolute atomic E-state index is 0.0224. The molecular weight excluding hydrogens is 310 g/mol. The highest BCUT2D eigenvalue weighted by molar-refractivity contribution is 5.91. The van der Waals surface area contributed by atoms with Crippen LogP contribution in [0.3, 0.4) is 0 Å². The fraction of sp³-hybridized carbons (Fsp3) is 0.556. The Labute approximate surface area is 141 Å². The molecule has 1 aromatic rings. The molecule has 2 fully saturated rings. The van der Waals surface area contributed by atoms with Gasteiger partial charge in [0.2, 0.25) is 5.91 Å². The number of aryl methyl sites for hydroxylation is 1. The minimum Gasteiger partial charge on any atom is -0.480 e. The van der Waals surface area contributed by atoms with Crippen LogP contribution < -0.4 is 5.32 Å². The number of benzene rings is 1. The molecule has 1 saturated carbocycles. The summed E-state index contributed by atoms with van der Waals surface area (Å²) < 4.78 is 10.9. The summed E-state index contributed by atoms with van der Waals surface area (Å²) in [5.41, 5.74) is 1.74. The summed E-state index contributed by atoms with van der Waals surface area (Å²) in [5, 5.41) is 11.8. The fourth-order valence-electron chi connectivity index (χ4n) is 3.18. The molecule has 2 aliphatic rings. The number of carboxylic acids is 1. The Morgan fingerprint density at radius 2 is 2.04 bits per heavy atom. The maximum absolute atomic E-state index is 12.8. The van der Waals surface area contributed by atoms with Gasteiger partial charge in [-0.1, -0.05) is 29.8 Å². The van der Waals surface area contributed by atoms with E-state index in [2.05, 4.69) is 5.32 Å². The lowest BCUT2D eigenvalue weighted by molar-refractivity contribution is -0.148. The highest BCUT2D eigenvalue weighted by atomic mass is 16.5. The van der Waals surface area contributed by atoms with Gasteiger partial charge < -0.3 is 19.9 Å². The second-order valence-electron chi connectivity index (χ2n) is 6.63. The lowest BCUT2D eigenvalue weighted by Gasteiger charge is -2.33. The number of rotatable bonds is 6. The van der Waals surface area contributed by atoms with Crippen LogP contribution in [-0.4, -0.2) is 48.9 Å². The summed E-state index contributed by atoms with van der Waals surface area (Å²) in [5.74, 6) is -1.03. The van der Waals surface area contributed by atoms with Gasteiger partial charge in [0.15, 0.2) is 0 Å². The molecule has 2 atom stereocenters. The first-order chi connectivity index (χ1) is 11.5. The van der Waals surface area contributed by atoms with Crippen molar-refractivity contribution in [2.45, 2.75) is 43.7 Å². The second-order valence-corrected chi connectivity index (χ2v) is 6.63. The molecule has 1 heterocycles. The molecule has 3 rings (SSSR count). The summed E-state index contributed by atoms with van der Waals surface area (Å²) in [7, 11) is 0. The van der Waals surface area contributed by atoms with Crippen LogP contribution in [0.15, 0.2) is 24.3 Å². The Bertz CT molecular complexity index is 608. The highest BCUT2D eigenvalue weighted by Gasteiger charge is 2.52. The lowest BCUT2D eigenvalue weighted by atomic mass is 9.93. The van der Waals surface area contributed by atoms with Crippen molar-refractivity contribution in [1.82, 2.24) is 5.32 Å². The van der Waals surface area contributed by atoms with Crippen molar-refractivity contribution in [3.8, 4) is 0 Å². The largest absolute Gasteiger partial charge is 0.480 e. The summed E-state index contributed by atoms with van der Waals surface area (Å²) in [6.07, 6.45) is 1.91. The number of hydrogen-bond acceptors (Lipinski definition) is 4. The van der Waals surface area contributed by atoms with E-state index in [-0.39, 0.29) is 24.7 Å². The molecule has 6 heteroatoms. The molecule has 0 aromatic heterocycles. The molecule has 0 unspecified atom stereocenters. The normalized spacial score (nSPS) is 25.0. The topological polar surface area (TPSA) is 84.9 Å². The second kappa shape index (κ2) is 6.91. The predicted octanol–water partition coefficient (Wildman–Crippen LogP) is 1.40. The van der Waals surface area contributed by atoms with Crippen LogP contribution in [0.1, 0.15) is 30.4 Å². The van der Waals surface area contributed by atoms with Gasteiger partial charge in [-0.15, -0.1) is 0 Å². The van der Waals surface area contributed by atoms with Gasteiger partial charge in [-0.2, -0.15) is 0 Å². The zero-order chi connectivity index (χ0) is 17.2. The van der Waals surface area contributed by atoms with Gasteiger partial charge in [0.1, 0.15) is 6.61 Å². The van der Waals surface area contributed by atoms with Gasteiger partial charge in [-0.25, -0.2) is 4.79 Å². The van der Waals surface area contributed by atoms with E-state index in [1.165, 1.54) is 0 Å². The Kier molecular flexibility index (Phi) is 4.87. The smallest absolute Gasteiger partial charge is 0.329 e. The fourth-order valence-corrected chi connectivity index (χ4v) is 3.18. The number of hydrogen-bond donors (Lipinski definition) is 2. The third-order valence-electron chi connectivity index (χ3n) is 4.82. The van der Waals surface area contributed by atoms with Crippen LogP contribution in [0.25, 0.3) is 0 Å². The van der Waals surface area contributed by atoms with Crippen LogP contribution in [0.5, 0.6) is 0 Å². The number of aliphatic carboxylic acids is 1. The molecule has 130 valence electrons. The van der Waals surface area contributed by atoms with Gasteiger partial charge in [-0.05, 0) is 31.7 Å². The molecule has 0 radical (unpaired) electrons. The highest BCUT2D eigenvalue weighted by Crippen LogP contribution is 2.48. The summed E-state index contributed by atoms with van der Waals surface area (Å²) in [6.45, 7) is 2.52. The zero-order valence-corrected chi connectivity index (χ0v) is 13.8. The maximum atomic E-state index is 12.8. The lowest BCUT2D eigenvalue weighted by Crippen LogP contribution is -2.53. The number of amides is 1. The minimum atomic E-state index is -1.01. The van der Waals surface area contributed by atoms with Crippen LogP contribution in [0.2, 0.25) is 0 Å². The van der Waals surface area contributed by atoms with E-state index < -0.39 is 11.4 Å². The summed E-state index contributed by atoms with van der Waals surface area (Å²) >= 11 is 0. The van der Waals surface area contributed by atoms with Gasteiger partial charge in [-0.3, -0.25) is 4.79 Å². The number of carboxylic acid groups (broad SMARTS) is 1. The average Bonchev–Trinajstić information content (AvgIpc) is 3.36.